The summed E-state index contributed by atoms with van der Waals surface area (Å²) in [5.41, 5.74) is 0. The van der Waals surface area contributed by atoms with E-state index in [2.05, 4.69) is 81.5 Å². The Morgan fingerprint density at radius 1 is 0.296 bits per heavy atom. The van der Waals surface area contributed by atoms with Crippen molar-refractivity contribution in [2.75, 3.05) is 13.2 Å². The van der Waals surface area contributed by atoms with Gasteiger partial charge in [0.05, 0.1) is 0 Å². The zero-order valence-electron chi connectivity index (χ0n) is 47.2. The van der Waals surface area contributed by atoms with Crippen LogP contribution in [0.5, 0.6) is 0 Å². The first-order valence-corrected chi connectivity index (χ1v) is 30.8. The Morgan fingerprint density at radius 2 is 0.549 bits per heavy atom. The molecule has 1 unspecified atom stereocenters. The summed E-state index contributed by atoms with van der Waals surface area (Å²) >= 11 is 0. The van der Waals surface area contributed by atoms with Crippen molar-refractivity contribution in [3.63, 3.8) is 0 Å². The van der Waals surface area contributed by atoms with Gasteiger partial charge in [0.15, 0.2) is 6.10 Å². The molecule has 0 aromatic rings. The van der Waals surface area contributed by atoms with Crippen molar-refractivity contribution in [2.45, 2.75) is 322 Å². The normalized spacial score (nSPS) is 12.4. The van der Waals surface area contributed by atoms with Gasteiger partial charge in [-0.25, -0.2) is 0 Å². The molecule has 0 aliphatic carbocycles. The van der Waals surface area contributed by atoms with E-state index >= 15 is 0 Å². The van der Waals surface area contributed by atoms with Crippen molar-refractivity contribution < 1.29 is 28.6 Å². The van der Waals surface area contributed by atoms with Crippen molar-refractivity contribution >= 4 is 17.9 Å². The largest absolute Gasteiger partial charge is 0.462 e. The molecule has 0 spiro atoms. The van der Waals surface area contributed by atoms with E-state index in [1.165, 1.54) is 180 Å². The zero-order chi connectivity index (χ0) is 51.4. The lowest BCUT2D eigenvalue weighted by molar-refractivity contribution is -0.167. The Balaban J connectivity index is 4.14. The third kappa shape index (κ3) is 57.9. The molecule has 0 aliphatic rings. The summed E-state index contributed by atoms with van der Waals surface area (Å²) in [6.45, 7) is 6.52. The first-order valence-electron chi connectivity index (χ1n) is 30.8. The maximum Gasteiger partial charge on any atom is 0.306 e. The van der Waals surface area contributed by atoms with E-state index in [0.29, 0.717) is 19.3 Å². The van der Waals surface area contributed by atoms with Crippen LogP contribution in [-0.2, 0) is 28.6 Å². The molecule has 412 valence electrons. The molecule has 0 fully saturated rings. The smallest absolute Gasteiger partial charge is 0.306 e. The third-order valence-electron chi connectivity index (χ3n) is 13.5. The van der Waals surface area contributed by atoms with Crippen LogP contribution in [0, 0.1) is 0 Å². The number of carbonyl (C=O) groups excluding carboxylic acids is 3. The quantitative estimate of drug-likeness (QED) is 0.0261. The van der Waals surface area contributed by atoms with Gasteiger partial charge in [-0.1, -0.05) is 293 Å². The van der Waals surface area contributed by atoms with Crippen LogP contribution in [0.2, 0.25) is 0 Å². The predicted molar refractivity (Wildman–Crippen MR) is 307 cm³/mol. The molecule has 0 bridgehead atoms. The van der Waals surface area contributed by atoms with Gasteiger partial charge in [0.1, 0.15) is 13.2 Å². The molecule has 0 N–H and O–H groups in total. The number of ether oxygens (including phenoxy) is 3. The molecule has 0 aliphatic heterocycles. The minimum absolute atomic E-state index is 0.0724. The summed E-state index contributed by atoms with van der Waals surface area (Å²) in [5.74, 6) is -0.869. The van der Waals surface area contributed by atoms with Gasteiger partial charge in [-0.05, 0) is 64.2 Å². The van der Waals surface area contributed by atoms with Gasteiger partial charge >= 0.3 is 17.9 Å². The molecular formula is C65H116O6. The van der Waals surface area contributed by atoms with Crippen molar-refractivity contribution in [3.05, 3.63) is 60.8 Å². The molecular weight excluding hydrogens is 877 g/mol. The number of esters is 3. The van der Waals surface area contributed by atoms with Crippen LogP contribution in [0.1, 0.15) is 316 Å². The Hall–Kier alpha value is -2.89. The number of carbonyl (C=O) groups is 3. The molecule has 71 heavy (non-hydrogen) atoms. The predicted octanol–water partition coefficient (Wildman–Crippen LogP) is 20.8. The van der Waals surface area contributed by atoms with Gasteiger partial charge in [0.25, 0.3) is 0 Å². The summed E-state index contributed by atoms with van der Waals surface area (Å²) in [6, 6.07) is 0. The highest BCUT2D eigenvalue weighted by Crippen LogP contribution is 2.17. The first-order chi connectivity index (χ1) is 35.0. The van der Waals surface area contributed by atoms with Gasteiger partial charge in [-0.3, -0.25) is 14.4 Å². The van der Waals surface area contributed by atoms with Crippen molar-refractivity contribution in [3.8, 4) is 0 Å². The van der Waals surface area contributed by atoms with Gasteiger partial charge in [0.2, 0.25) is 0 Å². The summed E-state index contributed by atoms with van der Waals surface area (Å²) in [6.07, 6.45) is 75.3. The molecule has 0 aromatic heterocycles. The van der Waals surface area contributed by atoms with E-state index < -0.39 is 6.10 Å². The maximum atomic E-state index is 12.8. The van der Waals surface area contributed by atoms with E-state index in [1.807, 2.05) is 0 Å². The van der Waals surface area contributed by atoms with Crippen molar-refractivity contribution in [2.24, 2.45) is 0 Å². The zero-order valence-corrected chi connectivity index (χ0v) is 47.2. The molecule has 0 saturated heterocycles. The molecule has 0 amide bonds. The van der Waals surface area contributed by atoms with Crippen molar-refractivity contribution in [1.82, 2.24) is 0 Å². The Morgan fingerprint density at radius 3 is 0.859 bits per heavy atom. The third-order valence-corrected chi connectivity index (χ3v) is 13.5. The minimum atomic E-state index is -0.772. The number of unbranched alkanes of at least 4 members (excludes halogenated alkanes) is 35. The van der Waals surface area contributed by atoms with Gasteiger partial charge in [-0.2, -0.15) is 0 Å². The second kappa shape index (κ2) is 59.7. The fourth-order valence-corrected chi connectivity index (χ4v) is 8.94. The lowest BCUT2D eigenvalue weighted by Crippen LogP contribution is -2.30. The van der Waals surface area contributed by atoms with Crippen LogP contribution < -0.4 is 0 Å². The van der Waals surface area contributed by atoms with Crippen LogP contribution in [0.15, 0.2) is 60.8 Å². The van der Waals surface area contributed by atoms with E-state index in [9.17, 15) is 14.4 Å². The molecule has 1 atom stereocenters. The number of allylic oxidation sites excluding steroid dienone is 10. The fraction of sp³-hybridized carbons (Fsp3) is 0.800. The highest BCUT2D eigenvalue weighted by atomic mass is 16.6. The lowest BCUT2D eigenvalue weighted by atomic mass is 10.0. The van der Waals surface area contributed by atoms with Crippen LogP contribution in [0.25, 0.3) is 0 Å². The average molecular weight is 994 g/mol. The van der Waals surface area contributed by atoms with E-state index in [1.54, 1.807) is 0 Å². The Labute approximate surface area is 440 Å². The highest BCUT2D eigenvalue weighted by Gasteiger charge is 2.19. The Bertz CT molecular complexity index is 1280. The molecule has 6 heteroatoms. The summed E-state index contributed by atoms with van der Waals surface area (Å²) in [5, 5.41) is 0. The SMILES string of the molecule is CC/C=C\C/C=C\C/C=C\C/C=C\C/C=C\CCCCCCCCCCCC(=O)OCC(COC(=O)CCCCCCCCC)OC(=O)CCCCCCCCCCCCCCCCCCCCCCC. The maximum absolute atomic E-state index is 12.8. The van der Waals surface area contributed by atoms with Gasteiger partial charge < -0.3 is 14.2 Å². The van der Waals surface area contributed by atoms with Gasteiger partial charge in [0, 0.05) is 19.3 Å². The van der Waals surface area contributed by atoms with Gasteiger partial charge in [-0.15, -0.1) is 0 Å². The number of rotatable bonds is 56. The number of hydrogen-bond donors (Lipinski definition) is 0. The van der Waals surface area contributed by atoms with Crippen LogP contribution in [0.3, 0.4) is 0 Å². The summed E-state index contributed by atoms with van der Waals surface area (Å²) in [7, 11) is 0. The monoisotopic (exact) mass is 993 g/mol. The summed E-state index contributed by atoms with van der Waals surface area (Å²) in [4.78, 5) is 38.0. The molecule has 6 nitrogen and oxygen atoms in total. The Kier molecular flexibility index (Phi) is 57.2. The van der Waals surface area contributed by atoms with E-state index in [4.69, 9.17) is 14.2 Å². The van der Waals surface area contributed by atoms with Crippen LogP contribution in [0.4, 0.5) is 0 Å². The fourth-order valence-electron chi connectivity index (χ4n) is 8.94. The lowest BCUT2D eigenvalue weighted by Gasteiger charge is -2.18. The molecule has 0 heterocycles. The topological polar surface area (TPSA) is 78.9 Å². The molecule has 0 radical (unpaired) electrons. The standard InChI is InChI=1S/C65H116O6/c1-4-7-10-13-16-18-20-22-24-26-28-30-31-32-33-35-36-38-40-42-44-46-49-52-55-58-64(67)70-61-62(60-69-63(66)57-54-51-48-15-12-9-6-3)71-65(68)59-56-53-50-47-45-43-41-39-37-34-29-27-25-23-21-19-17-14-11-8-5-2/h7,10,16,18,22,24,28,30,32-33,62H,4-6,8-9,11-15,17,19-21,23,25-27,29,31,34-61H2,1-3H3/b10-7-,18-16-,24-22-,30-28-,33-32-. The van der Waals surface area contributed by atoms with E-state index in [0.717, 1.165) is 96.3 Å². The second-order valence-corrected chi connectivity index (χ2v) is 20.6. The molecule has 0 aromatic carbocycles. The van der Waals surface area contributed by atoms with Crippen molar-refractivity contribution in [1.29, 1.82) is 0 Å². The summed E-state index contributed by atoms with van der Waals surface area (Å²) < 4.78 is 16.8. The highest BCUT2D eigenvalue weighted by molar-refractivity contribution is 5.71. The first kappa shape index (κ1) is 68.1. The van der Waals surface area contributed by atoms with Crippen LogP contribution >= 0.6 is 0 Å². The second-order valence-electron chi connectivity index (χ2n) is 20.6. The molecule has 0 rings (SSSR count). The number of hydrogen-bond acceptors (Lipinski definition) is 6. The van der Waals surface area contributed by atoms with E-state index in [-0.39, 0.29) is 31.1 Å². The van der Waals surface area contributed by atoms with Crippen LogP contribution in [-0.4, -0.2) is 37.2 Å². The minimum Gasteiger partial charge on any atom is -0.462 e. The molecule has 0 saturated carbocycles. The average Bonchev–Trinajstić information content (AvgIpc) is 3.37.